The van der Waals surface area contributed by atoms with Crippen molar-refractivity contribution in [3.05, 3.63) is 40.8 Å². The second-order valence-electron chi connectivity index (χ2n) is 4.44. The first kappa shape index (κ1) is 13.3. The summed E-state index contributed by atoms with van der Waals surface area (Å²) >= 11 is 0. The van der Waals surface area contributed by atoms with E-state index in [1.165, 1.54) is 0 Å². The smallest absolute Gasteiger partial charge is 0.252 e. The number of amides is 1. The van der Waals surface area contributed by atoms with Crippen molar-refractivity contribution < 1.29 is 4.79 Å². The Kier molecular flexibility index (Phi) is 3.64. The van der Waals surface area contributed by atoms with Gasteiger partial charge in [0.05, 0.1) is 11.3 Å². The fraction of sp³-hybridized carbons (Fsp3) is 0.357. The largest absolute Gasteiger partial charge is 0.365 e. The lowest BCUT2D eigenvalue weighted by Crippen LogP contribution is -2.19. The molecule has 2 rings (SSSR count). The van der Waals surface area contributed by atoms with Gasteiger partial charge in [-0.2, -0.15) is 5.10 Å². The third-order valence-electron chi connectivity index (χ3n) is 3.14. The van der Waals surface area contributed by atoms with Crippen molar-refractivity contribution in [2.75, 3.05) is 0 Å². The minimum Gasteiger partial charge on any atom is -0.365 e. The van der Waals surface area contributed by atoms with Crippen LogP contribution in [0.3, 0.4) is 0 Å². The second-order valence-corrected chi connectivity index (χ2v) is 4.44. The summed E-state index contributed by atoms with van der Waals surface area (Å²) < 4.78 is 1.73. The molecular weight excluding hydrogens is 240 g/mol. The standard InChI is InChI=1S/C14H18N4O/c1-4-10-8-11(5-2)18(17-10)14-12(13(15)19)9(3)6-7-16-14/h6-8H,4-5H2,1-3H3,(H2,15,19). The molecule has 5 heteroatoms. The maximum Gasteiger partial charge on any atom is 0.252 e. The van der Waals surface area contributed by atoms with Crippen molar-refractivity contribution in [3.63, 3.8) is 0 Å². The van der Waals surface area contributed by atoms with Gasteiger partial charge in [0.25, 0.3) is 5.91 Å². The SMILES string of the molecule is CCc1cc(CC)n(-c2nccc(C)c2C(N)=O)n1. The molecule has 0 unspecified atom stereocenters. The Hall–Kier alpha value is -2.17. The summed E-state index contributed by atoms with van der Waals surface area (Å²) in [4.78, 5) is 15.9. The van der Waals surface area contributed by atoms with E-state index in [4.69, 9.17) is 5.73 Å². The van der Waals surface area contributed by atoms with Crippen molar-refractivity contribution in [1.29, 1.82) is 0 Å². The van der Waals surface area contributed by atoms with Crippen molar-refractivity contribution in [2.24, 2.45) is 5.73 Å². The maximum atomic E-state index is 11.6. The summed E-state index contributed by atoms with van der Waals surface area (Å²) in [6.07, 6.45) is 3.34. The Morgan fingerprint density at radius 3 is 2.68 bits per heavy atom. The molecule has 0 atom stereocenters. The number of aromatic nitrogens is 3. The van der Waals surface area contributed by atoms with Gasteiger partial charge in [-0.1, -0.05) is 13.8 Å². The second kappa shape index (κ2) is 5.22. The number of primary amides is 1. The van der Waals surface area contributed by atoms with E-state index in [1.54, 1.807) is 16.9 Å². The van der Waals surface area contributed by atoms with Crippen molar-refractivity contribution >= 4 is 5.91 Å². The van der Waals surface area contributed by atoms with Gasteiger partial charge in [-0.15, -0.1) is 0 Å². The molecule has 19 heavy (non-hydrogen) atoms. The molecule has 2 aromatic heterocycles. The average Bonchev–Trinajstić information content (AvgIpc) is 2.81. The van der Waals surface area contributed by atoms with Gasteiger partial charge < -0.3 is 5.73 Å². The molecule has 2 heterocycles. The first-order valence-electron chi connectivity index (χ1n) is 6.42. The van der Waals surface area contributed by atoms with Gasteiger partial charge in [0.1, 0.15) is 0 Å². The lowest BCUT2D eigenvalue weighted by atomic mass is 10.1. The van der Waals surface area contributed by atoms with Crippen LogP contribution in [0.4, 0.5) is 0 Å². The van der Waals surface area contributed by atoms with Crippen molar-refractivity contribution in [3.8, 4) is 5.82 Å². The van der Waals surface area contributed by atoms with Gasteiger partial charge in [0, 0.05) is 11.9 Å². The predicted octanol–water partition coefficient (Wildman–Crippen LogP) is 1.80. The van der Waals surface area contributed by atoms with Crippen LogP contribution >= 0.6 is 0 Å². The zero-order valence-electron chi connectivity index (χ0n) is 11.5. The highest BCUT2D eigenvalue weighted by Crippen LogP contribution is 2.18. The number of nitrogens with zero attached hydrogens (tertiary/aromatic N) is 3. The molecule has 0 radical (unpaired) electrons. The summed E-state index contributed by atoms with van der Waals surface area (Å²) in [5, 5.41) is 4.50. The number of nitrogens with two attached hydrogens (primary N) is 1. The summed E-state index contributed by atoms with van der Waals surface area (Å²) in [6.45, 7) is 5.94. The van der Waals surface area contributed by atoms with Crippen molar-refractivity contribution in [2.45, 2.75) is 33.6 Å². The molecule has 0 aromatic carbocycles. The third-order valence-corrected chi connectivity index (χ3v) is 3.14. The van der Waals surface area contributed by atoms with E-state index < -0.39 is 5.91 Å². The Labute approximate surface area is 112 Å². The van der Waals surface area contributed by atoms with E-state index in [1.807, 2.05) is 26.8 Å². The van der Waals surface area contributed by atoms with Crippen LogP contribution in [0, 0.1) is 6.92 Å². The number of aryl methyl sites for hydroxylation is 3. The van der Waals surface area contributed by atoms with Gasteiger partial charge in [-0.25, -0.2) is 9.67 Å². The van der Waals surface area contributed by atoms with Gasteiger partial charge in [0.15, 0.2) is 5.82 Å². The molecule has 1 amide bonds. The van der Waals surface area contributed by atoms with E-state index >= 15 is 0 Å². The lowest BCUT2D eigenvalue weighted by molar-refractivity contribution is 0.0999. The fourth-order valence-corrected chi connectivity index (χ4v) is 2.09. The van der Waals surface area contributed by atoms with Gasteiger partial charge in [-0.3, -0.25) is 4.79 Å². The number of hydrogen-bond donors (Lipinski definition) is 1. The molecule has 0 bridgehead atoms. The van der Waals surface area contributed by atoms with E-state index in [9.17, 15) is 4.79 Å². The maximum absolute atomic E-state index is 11.6. The molecule has 0 saturated heterocycles. The van der Waals surface area contributed by atoms with Crippen LogP contribution in [0.2, 0.25) is 0 Å². The van der Waals surface area contributed by atoms with Crippen LogP contribution in [0.1, 0.15) is 41.2 Å². The number of pyridine rings is 1. The summed E-state index contributed by atoms with van der Waals surface area (Å²) in [5.74, 6) is 0.0419. The lowest BCUT2D eigenvalue weighted by Gasteiger charge is -2.10. The molecule has 2 N–H and O–H groups in total. The van der Waals surface area contributed by atoms with E-state index in [-0.39, 0.29) is 0 Å². The molecular formula is C14H18N4O. The average molecular weight is 258 g/mol. The van der Waals surface area contributed by atoms with Gasteiger partial charge in [0.2, 0.25) is 0 Å². The first-order valence-corrected chi connectivity index (χ1v) is 6.42. The van der Waals surface area contributed by atoms with Crippen LogP contribution in [-0.4, -0.2) is 20.7 Å². The van der Waals surface area contributed by atoms with E-state index in [0.29, 0.717) is 11.4 Å². The van der Waals surface area contributed by atoms with Crippen molar-refractivity contribution in [1.82, 2.24) is 14.8 Å². The highest BCUT2D eigenvalue weighted by atomic mass is 16.1. The molecule has 2 aromatic rings. The zero-order valence-corrected chi connectivity index (χ0v) is 11.5. The van der Waals surface area contributed by atoms with Crippen LogP contribution in [0.5, 0.6) is 0 Å². The Bertz CT molecular complexity index is 616. The summed E-state index contributed by atoms with van der Waals surface area (Å²) in [7, 11) is 0. The highest BCUT2D eigenvalue weighted by Gasteiger charge is 2.17. The quantitative estimate of drug-likeness (QED) is 0.908. The molecule has 0 saturated carbocycles. The molecule has 100 valence electrons. The molecule has 0 aliphatic rings. The van der Waals surface area contributed by atoms with E-state index in [0.717, 1.165) is 29.8 Å². The van der Waals surface area contributed by atoms with E-state index in [2.05, 4.69) is 10.1 Å². The zero-order chi connectivity index (χ0) is 14.0. The number of carbonyl (C=O) groups is 1. The molecule has 0 spiro atoms. The van der Waals surface area contributed by atoms with Crippen LogP contribution in [0.25, 0.3) is 5.82 Å². The molecule has 5 nitrogen and oxygen atoms in total. The van der Waals surface area contributed by atoms with Crippen LogP contribution in [-0.2, 0) is 12.8 Å². The third kappa shape index (κ3) is 2.36. The van der Waals surface area contributed by atoms with Crippen LogP contribution < -0.4 is 5.73 Å². The van der Waals surface area contributed by atoms with Gasteiger partial charge >= 0.3 is 0 Å². The monoisotopic (exact) mass is 258 g/mol. The molecule has 0 aliphatic heterocycles. The number of carbonyl (C=O) groups excluding carboxylic acids is 1. The fourth-order valence-electron chi connectivity index (χ4n) is 2.09. The summed E-state index contributed by atoms with van der Waals surface area (Å²) in [6, 6.07) is 3.81. The first-order chi connectivity index (χ1) is 9.08. The van der Waals surface area contributed by atoms with Gasteiger partial charge in [-0.05, 0) is 37.5 Å². The number of hydrogen-bond acceptors (Lipinski definition) is 3. The molecule has 0 aliphatic carbocycles. The summed E-state index contributed by atoms with van der Waals surface area (Å²) in [5.41, 5.74) is 8.72. The number of rotatable bonds is 4. The Morgan fingerprint density at radius 1 is 1.37 bits per heavy atom. The van der Waals surface area contributed by atoms with Crippen LogP contribution in [0.15, 0.2) is 18.3 Å². The topological polar surface area (TPSA) is 73.8 Å². The predicted molar refractivity (Wildman–Crippen MR) is 73.4 cm³/mol. The normalized spacial score (nSPS) is 10.7. The highest BCUT2D eigenvalue weighted by molar-refractivity contribution is 5.97. The Morgan fingerprint density at radius 2 is 2.11 bits per heavy atom. The minimum absolute atomic E-state index is 0.433. The molecule has 0 fully saturated rings. The Balaban J connectivity index is 2.68. The minimum atomic E-state index is -0.476.